The minimum atomic E-state index is -1.46. The van der Waals surface area contributed by atoms with Gasteiger partial charge in [0.25, 0.3) is 17.1 Å². The lowest BCUT2D eigenvalue weighted by atomic mass is 9.96. The Morgan fingerprint density at radius 3 is 1.65 bits per heavy atom. The van der Waals surface area contributed by atoms with Gasteiger partial charge in [0.05, 0.1) is 32.7 Å². The van der Waals surface area contributed by atoms with Crippen molar-refractivity contribution in [3.63, 3.8) is 0 Å². The van der Waals surface area contributed by atoms with E-state index in [1.807, 2.05) is 0 Å². The number of H-pyrrole nitrogens is 1. The number of benzene rings is 3. The molecule has 4 rings (SSSR count). The molecule has 0 atom stereocenters. The van der Waals surface area contributed by atoms with Crippen LogP contribution < -0.4 is 10.1 Å². The maximum Gasteiger partial charge on any atom is 0.283 e. The van der Waals surface area contributed by atoms with Crippen LogP contribution in [0.25, 0.3) is 22.4 Å². The van der Waals surface area contributed by atoms with Crippen LogP contribution in [0.3, 0.4) is 0 Å². The van der Waals surface area contributed by atoms with Crippen LogP contribution >= 0.6 is 0 Å². The van der Waals surface area contributed by atoms with Gasteiger partial charge in [-0.1, -0.05) is 55.5 Å². The normalized spacial score (nSPS) is 10.2. The van der Waals surface area contributed by atoms with Gasteiger partial charge in [0.1, 0.15) is 0 Å². The van der Waals surface area contributed by atoms with Crippen LogP contribution in [0.2, 0.25) is 0 Å². The molecule has 37 heavy (non-hydrogen) atoms. The fourth-order valence-electron chi connectivity index (χ4n) is 3.71. The third kappa shape index (κ3) is 6.09. The van der Waals surface area contributed by atoms with Crippen molar-refractivity contribution in [2.75, 3.05) is 0 Å². The third-order valence-corrected chi connectivity index (χ3v) is 5.59. The number of nitrogens with one attached hydrogen (secondary N) is 1. The molecule has 1 N–H and O–H groups in total. The summed E-state index contributed by atoms with van der Waals surface area (Å²) in [6.07, 6.45) is 1.01. The Bertz CT molecular complexity index is 1420. The molecular weight excluding hydrogens is 480 g/mol. The van der Waals surface area contributed by atoms with Crippen molar-refractivity contribution in [2.45, 2.75) is 20.3 Å². The average Bonchev–Trinajstić information content (AvgIpc) is 2.90. The Morgan fingerprint density at radius 2 is 1.22 bits per heavy atom. The summed E-state index contributed by atoms with van der Waals surface area (Å²) in [6, 6.07) is 24.2. The molecule has 0 aliphatic rings. The number of rotatable bonds is 6. The van der Waals surface area contributed by atoms with E-state index in [1.54, 1.807) is 0 Å². The van der Waals surface area contributed by atoms with Crippen LogP contribution in [-0.4, -0.2) is 14.8 Å². The number of nitro groups is 3. The first-order chi connectivity index (χ1) is 17.6. The predicted molar refractivity (Wildman–Crippen MR) is 134 cm³/mol. The van der Waals surface area contributed by atoms with Crippen LogP contribution in [0.15, 0.2) is 78.9 Å². The lowest BCUT2D eigenvalue weighted by Gasteiger charge is -2.08. The molecule has 0 saturated carbocycles. The van der Waals surface area contributed by atoms with Crippen LogP contribution in [0.4, 0.5) is 17.1 Å². The molecule has 4 aromatic rings. The fraction of sp³-hybridized carbons (Fsp3) is 0.115. The summed E-state index contributed by atoms with van der Waals surface area (Å²) in [7, 11) is 0. The topological polar surface area (TPSA) is 167 Å². The summed E-state index contributed by atoms with van der Waals surface area (Å²) in [5.41, 5.74) is 4.36. The van der Waals surface area contributed by atoms with Gasteiger partial charge >= 0.3 is 0 Å². The van der Waals surface area contributed by atoms with E-state index in [-0.39, 0.29) is 0 Å². The quantitative estimate of drug-likeness (QED) is 0.258. The lowest BCUT2D eigenvalue weighted by Crippen LogP contribution is -2.16. The van der Waals surface area contributed by atoms with Gasteiger partial charge in [0, 0.05) is 23.6 Å². The number of non-ortho nitro benzene ring substituents is 1. The zero-order valence-electron chi connectivity index (χ0n) is 19.9. The molecular formula is C26H22N4O7. The smallest absolute Gasteiger partial charge is 0.283 e. The molecule has 11 heteroatoms. The number of hydrogen-bond acceptors (Lipinski definition) is 7. The number of nitro benzene ring substituents is 3. The molecule has 0 spiro atoms. The van der Waals surface area contributed by atoms with E-state index in [9.17, 15) is 35.4 Å². The van der Waals surface area contributed by atoms with Gasteiger partial charge in [-0.2, -0.15) is 0 Å². The third-order valence-electron chi connectivity index (χ3n) is 5.59. The van der Waals surface area contributed by atoms with Crippen LogP contribution in [0.5, 0.6) is 5.75 Å². The predicted octanol–water partition coefficient (Wildman–Crippen LogP) is 5.19. The highest BCUT2D eigenvalue weighted by molar-refractivity contribution is 5.72. The SMILES string of the molecule is CCc1[nH+]c(-c2ccccc2)cc(-c2ccccc2)c1C.O=[N+]([O-])c1cc([N+](=O)[O-])c([O-])c([N+](=O)[O-])c1. The van der Waals surface area contributed by atoms with Gasteiger partial charge in [-0.15, -0.1) is 0 Å². The van der Waals surface area contributed by atoms with E-state index < -0.39 is 37.6 Å². The zero-order valence-corrected chi connectivity index (χ0v) is 19.9. The maximum atomic E-state index is 11.1. The molecule has 1 heterocycles. The standard InChI is InChI=1S/C20H19N.C6H3N3O7/c1-3-19-15(2)18(16-10-6-4-7-11-16)14-20(21-19)17-12-8-5-9-13-17;10-6-4(8(13)14)1-3(7(11)12)2-5(6)9(15)16/h4-14H,3H2,1-2H3;1-2,10H. The first-order valence-electron chi connectivity index (χ1n) is 11.1. The van der Waals surface area contributed by atoms with Gasteiger partial charge < -0.3 is 5.11 Å². The van der Waals surface area contributed by atoms with Gasteiger partial charge in [-0.05, 0) is 30.2 Å². The summed E-state index contributed by atoms with van der Waals surface area (Å²) < 4.78 is 0. The summed E-state index contributed by atoms with van der Waals surface area (Å²) in [4.78, 5) is 31.1. The Hall–Kier alpha value is -5.19. The van der Waals surface area contributed by atoms with Crippen molar-refractivity contribution < 1.29 is 24.9 Å². The summed E-state index contributed by atoms with van der Waals surface area (Å²) in [5.74, 6) is -1.46. The van der Waals surface area contributed by atoms with Crippen LogP contribution in [0, 0.1) is 37.3 Å². The highest BCUT2D eigenvalue weighted by Crippen LogP contribution is 2.37. The highest BCUT2D eigenvalue weighted by atomic mass is 16.6. The van der Waals surface area contributed by atoms with E-state index >= 15 is 0 Å². The number of nitrogens with zero attached hydrogens (tertiary/aromatic N) is 3. The summed E-state index contributed by atoms with van der Waals surface area (Å²) in [6.45, 7) is 4.40. The monoisotopic (exact) mass is 502 g/mol. The molecule has 0 unspecified atom stereocenters. The minimum Gasteiger partial charge on any atom is -0.863 e. The van der Waals surface area contributed by atoms with Crippen molar-refractivity contribution in [2.24, 2.45) is 0 Å². The van der Waals surface area contributed by atoms with Gasteiger partial charge in [-0.3, -0.25) is 30.3 Å². The molecule has 0 fully saturated rings. The summed E-state index contributed by atoms with van der Waals surface area (Å²) >= 11 is 0. The molecule has 0 aliphatic heterocycles. The number of hydrogen-bond donors (Lipinski definition) is 0. The minimum absolute atomic E-state index is 0.384. The maximum absolute atomic E-state index is 11.1. The Kier molecular flexibility index (Phi) is 8.20. The van der Waals surface area contributed by atoms with E-state index in [0.29, 0.717) is 12.1 Å². The fourth-order valence-corrected chi connectivity index (χ4v) is 3.71. The van der Waals surface area contributed by atoms with Crippen LogP contribution in [0.1, 0.15) is 18.2 Å². The second kappa shape index (κ2) is 11.5. The Morgan fingerprint density at radius 1 is 0.730 bits per heavy atom. The highest BCUT2D eigenvalue weighted by Gasteiger charge is 2.24. The molecule has 11 nitrogen and oxygen atoms in total. The molecule has 0 bridgehead atoms. The van der Waals surface area contributed by atoms with Crippen molar-refractivity contribution in [1.29, 1.82) is 0 Å². The largest absolute Gasteiger partial charge is 0.863 e. The lowest BCUT2D eigenvalue weighted by molar-refractivity contribution is -0.420. The molecule has 1 aromatic heterocycles. The summed E-state index contributed by atoms with van der Waals surface area (Å²) in [5, 5.41) is 42.1. The molecule has 3 aromatic carbocycles. The first kappa shape index (κ1) is 26.4. The van der Waals surface area contributed by atoms with Gasteiger partial charge in [-0.25, -0.2) is 4.98 Å². The Labute approximate surface area is 211 Å². The number of aryl methyl sites for hydroxylation is 1. The first-order valence-corrected chi connectivity index (χ1v) is 11.1. The molecule has 0 amide bonds. The van der Waals surface area contributed by atoms with Crippen LogP contribution in [-0.2, 0) is 6.42 Å². The van der Waals surface area contributed by atoms with Crippen molar-refractivity contribution >= 4 is 17.1 Å². The zero-order chi connectivity index (χ0) is 27.1. The van der Waals surface area contributed by atoms with E-state index in [0.717, 1.165) is 6.42 Å². The van der Waals surface area contributed by atoms with E-state index in [4.69, 9.17) is 0 Å². The molecule has 0 saturated heterocycles. The second-order valence-electron chi connectivity index (χ2n) is 7.87. The Balaban J connectivity index is 0.000000214. The molecule has 0 radical (unpaired) electrons. The van der Waals surface area contributed by atoms with E-state index in [2.05, 4.69) is 85.6 Å². The van der Waals surface area contributed by atoms with Gasteiger partial charge in [0.15, 0.2) is 5.69 Å². The van der Waals surface area contributed by atoms with E-state index in [1.165, 1.54) is 33.6 Å². The molecule has 188 valence electrons. The number of aromatic amines is 1. The van der Waals surface area contributed by atoms with Gasteiger partial charge in [0.2, 0.25) is 5.69 Å². The van der Waals surface area contributed by atoms with Crippen molar-refractivity contribution in [1.82, 2.24) is 0 Å². The number of aromatic nitrogens is 1. The average molecular weight is 502 g/mol. The molecule has 0 aliphatic carbocycles. The van der Waals surface area contributed by atoms with Crippen molar-refractivity contribution in [3.8, 4) is 28.1 Å². The second-order valence-corrected chi connectivity index (χ2v) is 7.87. The van der Waals surface area contributed by atoms with Crippen molar-refractivity contribution in [3.05, 3.63) is 120 Å². The number of pyridine rings is 1.